The predicted molar refractivity (Wildman–Crippen MR) is 149 cm³/mol. The first-order valence-corrected chi connectivity index (χ1v) is 16.8. The molecule has 15 heteroatoms. The molecule has 0 bridgehead atoms. The van der Waals surface area contributed by atoms with Crippen LogP contribution in [-0.2, 0) is 24.8 Å². The average Bonchev–Trinajstić information content (AvgIpc) is 3.58. The van der Waals surface area contributed by atoms with E-state index in [9.17, 15) is 21.9 Å². The number of fused-ring (bicyclic) bond motifs is 1. The molecule has 2 atom stereocenters. The third-order valence-corrected chi connectivity index (χ3v) is 11.2. The first-order chi connectivity index (χ1) is 19.1. The van der Waals surface area contributed by atoms with Gasteiger partial charge in [0.2, 0.25) is 20.0 Å². The van der Waals surface area contributed by atoms with Gasteiger partial charge >= 0.3 is 0 Å². The van der Waals surface area contributed by atoms with Gasteiger partial charge in [-0.3, -0.25) is 0 Å². The molecule has 2 aliphatic rings. The highest BCUT2D eigenvalue weighted by Gasteiger charge is 2.44. The number of sulfonamides is 2. The maximum atomic E-state index is 13.2. The highest BCUT2D eigenvalue weighted by Crippen LogP contribution is 2.37. The molecule has 3 heterocycles. The third-order valence-electron chi connectivity index (χ3n) is 7.24. The number of aliphatic hydroxyl groups is 1. The summed E-state index contributed by atoms with van der Waals surface area (Å²) in [5.74, 6) is 0.353. The molecular weight excluding hydrogens is 579 g/mol. The average molecular weight is 612 g/mol. The molecule has 5 rings (SSSR count). The van der Waals surface area contributed by atoms with Crippen molar-refractivity contribution >= 4 is 42.8 Å². The quantitative estimate of drug-likeness (QED) is 0.289. The second kappa shape index (κ2) is 11.9. The second-order valence-electron chi connectivity index (χ2n) is 10.1. The minimum Gasteiger partial charge on any atom is -0.491 e. The Morgan fingerprint density at radius 1 is 1.12 bits per heavy atom. The second-order valence-corrected chi connectivity index (χ2v) is 14.3. The Morgan fingerprint density at radius 2 is 1.90 bits per heavy atom. The van der Waals surface area contributed by atoms with E-state index in [1.807, 2.05) is 0 Å². The molecular formula is C25H33N5O7S3. The summed E-state index contributed by atoms with van der Waals surface area (Å²) in [6.45, 7) is 3.45. The van der Waals surface area contributed by atoms with E-state index in [4.69, 9.17) is 9.47 Å². The van der Waals surface area contributed by atoms with Crippen molar-refractivity contribution in [3.05, 3.63) is 42.5 Å². The summed E-state index contributed by atoms with van der Waals surface area (Å²) < 4.78 is 74.8. The van der Waals surface area contributed by atoms with Crippen molar-refractivity contribution < 1.29 is 31.4 Å². The van der Waals surface area contributed by atoms with Crippen molar-refractivity contribution in [2.75, 3.05) is 39.4 Å². The maximum absolute atomic E-state index is 13.2. The van der Waals surface area contributed by atoms with Crippen LogP contribution in [0.3, 0.4) is 0 Å². The van der Waals surface area contributed by atoms with E-state index in [1.54, 1.807) is 37.3 Å². The molecule has 0 aliphatic carbocycles. The van der Waals surface area contributed by atoms with Gasteiger partial charge in [-0.15, -0.1) is 0 Å². The normalized spacial score (nSPS) is 20.7. The lowest BCUT2D eigenvalue weighted by molar-refractivity contribution is -0.0312. The molecule has 3 aromatic rings. The Bertz CT molecular complexity index is 1540. The molecule has 0 radical (unpaired) electrons. The van der Waals surface area contributed by atoms with Gasteiger partial charge in [0.1, 0.15) is 29.5 Å². The van der Waals surface area contributed by atoms with Crippen molar-refractivity contribution in [1.82, 2.24) is 23.1 Å². The Kier molecular flexibility index (Phi) is 8.73. The molecule has 0 saturated carbocycles. The van der Waals surface area contributed by atoms with Crippen LogP contribution in [0.15, 0.2) is 52.3 Å². The summed E-state index contributed by atoms with van der Waals surface area (Å²) >= 11 is 1.05. The summed E-state index contributed by atoms with van der Waals surface area (Å²) in [6.07, 6.45) is 1.07. The molecule has 2 aromatic carbocycles. The third kappa shape index (κ3) is 6.46. The van der Waals surface area contributed by atoms with Crippen molar-refractivity contribution in [2.45, 2.75) is 53.7 Å². The zero-order chi connectivity index (χ0) is 28.4. The van der Waals surface area contributed by atoms with Crippen LogP contribution in [-0.4, -0.2) is 92.1 Å². The lowest BCUT2D eigenvalue weighted by Crippen LogP contribution is -2.47. The van der Waals surface area contributed by atoms with Crippen LogP contribution >= 0.6 is 11.7 Å². The number of nitrogens with zero attached hydrogens (tertiary/aromatic N) is 3. The summed E-state index contributed by atoms with van der Waals surface area (Å²) in [4.78, 5) is 0.322. The number of ether oxygens (including phenoxy) is 2. The highest BCUT2D eigenvalue weighted by atomic mass is 32.2. The zero-order valence-electron chi connectivity index (χ0n) is 22.0. The van der Waals surface area contributed by atoms with E-state index < -0.39 is 31.8 Å². The van der Waals surface area contributed by atoms with Gasteiger partial charge in [0.25, 0.3) is 0 Å². The minimum absolute atomic E-state index is 0.00793. The van der Waals surface area contributed by atoms with E-state index in [1.165, 1.54) is 16.4 Å². The number of hydrogen-bond acceptors (Lipinski definition) is 11. The number of nitrogens with one attached hydrogen (secondary N) is 2. The van der Waals surface area contributed by atoms with E-state index in [2.05, 4.69) is 18.8 Å². The molecule has 3 N–H and O–H groups in total. The standard InChI is InChI=1S/C25H33N5O7S3/c1-2-27-39(32,33)21-5-3-4-20(12-21)36-17-19(31)15-26-18-14-25(37-16-18)8-10-30(11-9-25)40(34,35)22-6-7-23-24(13-22)29-38-28-23/h3-7,12-13,18-19,26-27,31H,2,8-11,14-17H2,1H3. The van der Waals surface area contributed by atoms with Gasteiger partial charge in [-0.05, 0) is 49.6 Å². The Morgan fingerprint density at radius 3 is 2.67 bits per heavy atom. The smallest absolute Gasteiger partial charge is 0.243 e. The van der Waals surface area contributed by atoms with E-state index in [0.717, 1.165) is 18.1 Å². The molecule has 1 aromatic heterocycles. The highest BCUT2D eigenvalue weighted by molar-refractivity contribution is 7.89. The molecule has 2 aliphatic heterocycles. The van der Waals surface area contributed by atoms with Gasteiger partial charge in [-0.1, -0.05) is 13.0 Å². The largest absolute Gasteiger partial charge is 0.491 e. The van der Waals surface area contributed by atoms with Crippen LogP contribution < -0.4 is 14.8 Å². The minimum atomic E-state index is -3.64. The van der Waals surface area contributed by atoms with Gasteiger partial charge in [0.15, 0.2) is 0 Å². The van der Waals surface area contributed by atoms with Crippen LogP contribution in [0.2, 0.25) is 0 Å². The fourth-order valence-corrected chi connectivity index (χ4v) is 8.14. The van der Waals surface area contributed by atoms with Crippen LogP contribution in [0.5, 0.6) is 5.75 Å². The van der Waals surface area contributed by atoms with E-state index in [-0.39, 0.29) is 35.5 Å². The molecule has 218 valence electrons. The maximum Gasteiger partial charge on any atom is 0.243 e. The summed E-state index contributed by atoms with van der Waals surface area (Å²) in [5.41, 5.74) is 0.860. The predicted octanol–water partition coefficient (Wildman–Crippen LogP) is 1.33. The number of rotatable bonds is 11. The van der Waals surface area contributed by atoms with Crippen LogP contribution in [0, 0.1) is 0 Å². The van der Waals surface area contributed by atoms with E-state index >= 15 is 0 Å². The molecule has 12 nitrogen and oxygen atoms in total. The van der Waals surface area contributed by atoms with E-state index in [0.29, 0.717) is 49.3 Å². The van der Waals surface area contributed by atoms with Crippen molar-refractivity contribution in [3.63, 3.8) is 0 Å². The number of hydrogen-bond donors (Lipinski definition) is 3. The summed E-state index contributed by atoms with van der Waals surface area (Å²) in [6, 6.07) is 11.0. The number of piperidine rings is 1. The Balaban J connectivity index is 1.08. The molecule has 2 fully saturated rings. The summed E-state index contributed by atoms with van der Waals surface area (Å²) in [5, 5.41) is 13.7. The van der Waals surface area contributed by atoms with Crippen molar-refractivity contribution in [3.8, 4) is 5.75 Å². The van der Waals surface area contributed by atoms with Crippen LogP contribution in [0.4, 0.5) is 0 Å². The number of benzene rings is 2. The number of aromatic nitrogens is 2. The Hall–Kier alpha value is -2.24. The molecule has 40 heavy (non-hydrogen) atoms. The fourth-order valence-electron chi connectivity index (χ4n) is 5.09. The molecule has 2 saturated heterocycles. The van der Waals surface area contributed by atoms with Crippen molar-refractivity contribution in [1.29, 1.82) is 0 Å². The van der Waals surface area contributed by atoms with Gasteiger partial charge < -0.3 is 19.9 Å². The van der Waals surface area contributed by atoms with Gasteiger partial charge in [0.05, 0.1) is 33.7 Å². The Labute approximate surface area is 238 Å². The first kappa shape index (κ1) is 29.3. The van der Waals surface area contributed by atoms with Gasteiger partial charge in [-0.25, -0.2) is 21.6 Å². The topological polar surface area (TPSA) is 160 Å². The molecule has 0 amide bonds. The lowest BCUT2D eigenvalue weighted by atomic mass is 9.88. The monoisotopic (exact) mass is 611 g/mol. The summed E-state index contributed by atoms with van der Waals surface area (Å²) in [7, 11) is -7.24. The fraction of sp³-hybridized carbons (Fsp3) is 0.520. The van der Waals surface area contributed by atoms with Crippen LogP contribution in [0.25, 0.3) is 11.0 Å². The zero-order valence-corrected chi connectivity index (χ0v) is 24.5. The van der Waals surface area contributed by atoms with Crippen molar-refractivity contribution in [2.24, 2.45) is 0 Å². The molecule has 2 unspecified atom stereocenters. The number of aliphatic hydroxyl groups excluding tert-OH is 1. The SMILES string of the molecule is CCNS(=O)(=O)c1cccc(OCC(O)CNC2COC3(CCN(S(=O)(=O)c4ccc5nsnc5c4)CC3)C2)c1. The van der Waals surface area contributed by atoms with Crippen LogP contribution in [0.1, 0.15) is 26.2 Å². The lowest BCUT2D eigenvalue weighted by Gasteiger charge is -2.38. The first-order valence-electron chi connectivity index (χ1n) is 13.1. The molecule has 1 spiro atoms. The van der Waals surface area contributed by atoms with Gasteiger partial charge in [-0.2, -0.15) is 13.1 Å². The van der Waals surface area contributed by atoms with Gasteiger partial charge in [0, 0.05) is 38.3 Å².